The highest BCUT2D eigenvalue weighted by atomic mass is 36.0. The normalized spacial score (nSPS) is 18.4. The van der Waals surface area contributed by atoms with Crippen molar-refractivity contribution < 1.29 is 8.42 Å². The van der Waals surface area contributed by atoms with Gasteiger partial charge in [0.05, 0.1) is 0 Å². The van der Waals surface area contributed by atoms with E-state index in [1.807, 2.05) is 0 Å². The maximum atomic E-state index is 9.16. The summed E-state index contributed by atoms with van der Waals surface area (Å²) in [5.74, 6) is 0. The topological polar surface area (TPSA) is 46.2 Å². The minimum absolute atomic E-state index is 1.25. The third-order valence-electron chi connectivity index (χ3n) is 1.21. The third-order valence-corrected chi connectivity index (χ3v) is 1.21. The molecule has 0 aromatic heterocycles. The average molecular weight is 220 g/mol. The first-order valence-corrected chi connectivity index (χ1v) is 6.48. The summed E-state index contributed by atoms with van der Waals surface area (Å²) in [6.07, 6.45) is 4.22. The number of hydrogen-bond donors (Lipinski definition) is 1. The van der Waals surface area contributed by atoms with Crippen molar-refractivity contribution >= 4 is 29.6 Å². The molecule has 0 saturated carbocycles. The third kappa shape index (κ3) is 18.0. The molecule has 0 amide bonds. The van der Waals surface area contributed by atoms with Gasteiger partial charge in [-0.05, 0) is 25.9 Å². The van der Waals surface area contributed by atoms with Crippen molar-refractivity contribution in [2.75, 3.05) is 13.1 Å². The Morgan fingerprint density at radius 1 is 1.00 bits per heavy atom. The van der Waals surface area contributed by atoms with Crippen LogP contribution in [0.4, 0.5) is 0 Å². The molecular weight excluding hydrogens is 209 g/mol. The van der Waals surface area contributed by atoms with Crippen LogP contribution in [0.15, 0.2) is 0 Å². The fourth-order valence-electron chi connectivity index (χ4n) is 0.802. The van der Waals surface area contributed by atoms with Crippen molar-refractivity contribution in [1.29, 1.82) is 0 Å². The van der Waals surface area contributed by atoms with Gasteiger partial charge in [0, 0.05) is 21.4 Å². The van der Waals surface area contributed by atoms with Gasteiger partial charge in [-0.3, -0.25) is 0 Å². The monoisotopic (exact) mass is 219 g/mol. The SMILES string of the molecule is C1CCNCC1.O=S(=O)(Cl)Cl. The van der Waals surface area contributed by atoms with E-state index in [0.717, 1.165) is 0 Å². The van der Waals surface area contributed by atoms with Crippen molar-refractivity contribution in [1.82, 2.24) is 5.32 Å². The Morgan fingerprint density at radius 2 is 1.36 bits per heavy atom. The fourth-order valence-corrected chi connectivity index (χ4v) is 0.802. The van der Waals surface area contributed by atoms with E-state index in [9.17, 15) is 0 Å². The van der Waals surface area contributed by atoms with Gasteiger partial charge in [0.15, 0.2) is 0 Å². The van der Waals surface area contributed by atoms with Crippen LogP contribution in [-0.2, 0) is 8.26 Å². The predicted octanol–water partition coefficient (Wildman–Crippen LogP) is 1.47. The standard InChI is InChI=1S/C5H11N.Cl2O2S/c1-2-4-6-5-3-1;1-5(2,3)4/h6H,1-5H2;. The largest absolute Gasteiger partial charge is 0.317 e. The zero-order chi connectivity index (χ0) is 8.74. The molecule has 1 aliphatic heterocycles. The predicted molar refractivity (Wildman–Crippen MR) is 47.3 cm³/mol. The van der Waals surface area contributed by atoms with E-state index in [2.05, 4.69) is 26.7 Å². The van der Waals surface area contributed by atoms with Gasteiger partial charge in [-0.15, -0.1) is 0 Å². The van der Waals surface area contributed by atoms with E-state index < -0.39 is 8.26 Å². The lowest BCUT2D eigenvalue weighted by atomic mass is 10.2. The summed E-state index contributed by atoms with van der Waals surface area (Å²) in [7, 11) is 4.81. The molecule has 68 valence electrons. The molecule has 6 heteroatoms. The molecule has 1 heterocycles. The summed E-state index contributed by atoms with van der Waals surface area (Å²) in [5.41, 5.74) is 0. The van der Waals surface area contributed by atoms with Crippen LogP contribution in [0.1, 0.15) is 19.3 Å². The Kier molecular flexibility index (Phi) is 6.33. The van der Waals surface area contributed by atoms with Crippen LogP contribution < -0.4 is 5.32 Å². The van der Waals surface area contributed by atoms with E-state index in [4.69, 9.17) is 8.42 Å². The first-order valence-electron chi connectivity index (χ1n) is 3.35. The Labute approximate surface area is 76.0 Å². The van der Waals surface area contributed by atoms with Crippen LogP contribution in [0.25, 0.3) is 0 Å². The van der Waals surface area contributed by atoms with E-state index in [-0.39, 0.29) is 0 Å². The molecule has 0 aliphatic carbocycles. The Balaban J connectivity index is 0.000000187. The summed E-state index contributed by atoms with van der Waals surface area (Å²) in [5, 5.41) is 3.28. The summed E-state index contributed by atoms with van der Waals surface area (Å²) < 4.78 is 18.3. The summed E-state index contributed by atoms with van der Waals surface area (Å²) >= 11 is 0. The van der Waals surface area contributed by atoms with Crippen LogP contribution in [0, 0.1) is 0 Å². The maximum absolute atomic E-state index is 9.16. The van der Waals surface area contributed by atoms with Gasteiger partial charge in [-0.1, -0.05) is 6.42 Å². The molecule has 0 radical (unpaired) electrons. The molecule has 1 aliphatic rings. The zero-order valence-electron chi connectivity index (χ0n) is 6.02. The fraction of sp³-hybridized carbons (Fsp3) is 1.00. The molecule has 0 aromatic carbocycles. The second kappa shape index (κ2) is 6.06. The lowest BCUT2D eigenvalue weighted by Gasteiger charge is -2.08. The maximum Gasteiger partial charge on any atom is 0.317 e. The van der Waals surface area contributed by atoms with Gasteiger partial charge >= 0.3 is 8.26 Å². The van der Waals surface area contributed by atoms with Gasteiger partial charge in [0.1, 0.15) is 0 Å². The number of nitrogens with one attached hydrogen (secondary N) is 1. The first-order chi connectivity index (χ1) is 5.00. The van der Waals surface area contributed by atoms with Gasteiger partial charge in [-0.25, -0.2) is 0 Å². The summed E-state index contributed by atoms with van der Waals surface area (Å²) in [4.78, 5) is 0. The van der Waals surface area contributed by atoms with E-state index in [1.54, 1.807) is 0 Å². The smallest absolute Gasteiger partial charge is 0.317 e. The summed E-state index contributed by atoms with van der Waals surface area (Å²) in [6, 6.07) is 0. The van der Waals surface area contributed by atoms with E-state index in [0.29, 0.717) is 0 Å². The van der Waals surface area contributed by atoms with Crippen LogP contribution in [0.5, 0.6) is 0 Å². The van der Waals surface area contributed by atoms with Crippen molar-refractivity contribution in [3.63, 3.8) is 0 Å². The minimum atomic E-state index is -3.72. The summed E-state index contributed by atoms with van der Waals surface area (Å²) in [6.45, 7) is 2.50. The molecule has 1 rings (SSSR count). The van der Waals surface area contributed by atoms with Gasteiger partial charge in [-0.2, -0.15) is 8.42 Å². The molecule has 1 fully saturated rings. The molecule has 11 heavy (non-hydrogen) atoms. The van der Waals surface area contributed by atoms with Crippen molar-refractivity contribution in [3.8, 4) is 0 Å². The molecule has 1 saturated heterocycles. The molecular formula is C5H11Cl2NO2S. The highest BCUT2D eigenvalue weighted by Crippen LogP contribution is 1.98. The first kappa shape index (κ1) is 11.5. The lowest BCUT2D eigenvalue weighted by molar-refractivity contribution is 0.520. The quantitative estimate of drug-likeness (QED) is 0.629. The number of rotatable bonds is 0. The minimum Gasteiger partial charge on any atom is -0.317 e. The molecule has 0 atom stereocenters. The molecule has 0 spiro atoms. The second-order valence-electron chi connectivity index (χ2n) is 2.19. The Hall–Kier alpha value is 0.490. The van der Waals surface area contributed by atoms with Gasteiger partial charge < -0.3 is 5.32 Å². The highest BCUT2D eigenvalue weighted by Gasteiger charge is 1.93. The second-order valence-corrected chi connectivity index (χ2v) is 5.86. The lowest BCUT2D eigenvalue weighted by Crippen LogP contribution is -2.21. The average Bonchev–Trinajstić information content (AvgIpc) is 1.88. The molecule has 3 nitrogen and oxygen atoms in total. The number of hydrogen-bond acceptors (Lipinski definition) is 3. The molecule has 0 aromatic rings. The highest BCUT2D eigenvalue weighted by molar-refractivity contribution is 8.31. The number of piperidine rings is 1. The number of halogens is 2. The van der Waals surface area contributed by atoms with Gasteiger partial charge in [0.2, 0.25) is 0 Å². The van der Waals surface area contributed by atoms with E-state index in [1.165, 1.54) is 32.4 Å². The van der Waals surface area contributed by atoms with Crippen LogP contribution in [-0.4, -0.2) is 21.5 Å². The molecule has 0 unspecified atom stereocenters. The molecule has 0 bridgehead atoms. The van der Waals surface area contributed by atoms with Crippen molar-refractivity contribution in [3.05, 3.63) is 0 Å². The van der Waals surface area contributed by atoms with Crippen molar-refractivity contribution in [2.45, 2.75) is 19.3 Å². The molecule has 1 N–H and O–H groups in total. The Morgan fingerprint density at radius 3 is 1.45 bits per heavy atom. The van der Waals surface area contributed by atoms with Crippen LogP contribution in [0.3, 0.4) is 0 Å². The van der Waals surface area contributed by atoms with E-state index >= 15 is 0 Å². The zero-order valence-corrected chi connectivity index (χ0v) is 8.34. The van der Waals surface area contributed by atoms with Gasteiger partial charge in [0.25, 0.3) is 0 Å². The van der Waals surface area contributed by atoms with Crippen LogP contribution in [0.2, 0.25) is 0 Å². The Bertz CT molecular complexity index is 157. The van der Waals surface area contributed by atoms with Crippen LogP contribution >= 0.6 is 21.4 Å². The van der Waals surface area contributed by atoms with Crippen molar-refractivity contribution in [2.24, 2.45) is 0 Å².